The second-order valence-corrected chi connectivity index (χ2v) is 10.4. The van der Waals surface area contributed by atoms with Gasteiger partial charge in [0.1, 0.15) is 5.60 Å². The van der Waals surface area contributed by atoms with Crippen molar-refractivity contribution in [3.8, 4) is 11.5 Å². The van der Waals surface area contributed by atoms with E-state index >= 15 is 0 Å². The lowest BCUT2D eigenvalue weighted by molar-refractivity contribution is -0.385. The van der Waals surface area contributed by atoms with Crippen LogP contribution in [0.2, 0.25) is 0 Å². The average Bonchev–Trinajstić information content (AvgIpc) is 2.96. The zero-order valence-corrected chi connectivity index (χ0v) is 24.1. The molecule has 0 spiro atoms. The standard InChI is InChI=1S/C16H23N3O5.C11H15N3O3/c1-16(2,3)24-15(20)18-9-7-17(8-10-18)12-5-6-13(19(21)22)14(11-12)23-4;1-17-11-8-9(2-3-10(11)14(15)16)13-6-4-12-5-7-13/h5-6,11H,7-10H2,1-4H3;2-3,8,12H,4-7H2,1H3. The third-order valence-corrected chi connectivity index (χ3v) is 6.50. The summed E-state index contributed by atoms with van der Waals surface area (Å²) < 4.78 is 15.5. The molecule has 41 heavy (non-hydrogen) atoms. The van der Waals surface area contributed by atoms with Gasteiger partial charge in [0.2, 0.25) is 0 Å². The van der Waals surface area contributed by atoms with E-state index in [-0.39, 0.29) is 23.2 Å². The summed E-state index contributed by atoms with van der Waals surface area (Å²) in [5.74, 6) is 0.540. The van der Waals surface area contributed by atoms with Crippen LogP contribution in [0.15, 0.2) is 36.4 Å². The summed E-state index contributed by atoms with van der Waals surface area (Å²) in [6, 6.07) is 9.78. The number of nitro benzene ring substituents is 2. The van der Waals surface area contributed by atoms with Crippen molar-refractivity contribution in [2.45, 2.75) is 26.4 Å². The molecule has 2 aromatic rings. The van der Waals surface area contributed by atoms with Crippen LogP contribution in [-0.4, -0.2) is 93.0 Å². The molecular formula is C27H38N6O8. The first-order valence-electron chi connectivity index (χ1n) is 13.3. The molecular weight excluding hydrogens is 536 g/mol. The summed E-state index contributed by atoms with van der Waals surface area (Å²) in [7, 11) is 2.86. The predicted molar refractivity (Wildman–Crippen MR) is 154 cm³/mol. The van der Waals surface area contributed by atoms with Gasteiger partial charge in [-0.1, -0.05) is 0 Å². The summed E-state index contributed by atoms with van der Waals surface area (Å²) in [4.78, 5) is 38.8. The third kappa shape index (κ3) is 8.58. The number of rotatable bonds is 6. The van der Waals surface area contributed by atoms with Gasteiger partial charge >= 0.3 is 17.5 Å². The second-order valence-electron chi connectivity index (χ2n) is 10.4. The van der Waals surface area contributed by atoms with Crippen molar-refractivity contribution < 1.29 is 28.9 Å². The van der Waals surface area contributed by atoms with Gasteiger partial charge in [0, 0.05) is 88.0 Å². The lowest BCUT2D eigenvalue weighted by Crippen LogP contribution is -2.50. The quantitative estimate of drug-likeness (QED) is 0.397. The van der Waals surface area contributed by atoms with Crippen LogP contribution in [0.3, 0.4) is 0 Å². The molecule has 2 saturated heterocycles. The zero-order chi connectivity index (χ0) is 30.2. The minimum Gasteiger partial charge on any atom is -0.490 e. The molecule has 0 bridgehead atoms. The van der Waals surface area contributed by atoms with Crippen molar-refractivity contribution in [1.29, 1.82) is 0 Å². The Morgan fingerprint density at radius 1 is 0.780 bits per heavy atom. The van der Waals surface area contributed by atoms with Crippen LogP contribution in [0.1, 0.15) is 20.8 Å². The number of carbonyl (C=O) groups is 1. The fourth-order valence-corrected chi connectivity index (χ4v) is 4.42. The number of nitrogens with one attached hydrogen (secondary N) is 1. The van der Waals surface area contributed by atoms with Gasteiger partial charge in [0.05, 0.1) is 24.1 Å². The smallest absolute Gasteiger partial charge is 0.410 e. The number of methoxy groups -OCH3 is 2. The van der Waals surface area contributed by atoms with Crippen molar-refractivity contribution in [1.82, 2.24) is 10.2 Å². The van der Waals surface area contributed by atoms with Gasteiger partial charge in [0.25, 0.3) is 0 Å². The fourth-order valence-electron chi connectivity index (χ4n) is 4.42. The van der Waals surface area contributed by atoms with Crippen molar-refractivity contribution >= 4 is 28.8 Å². The molecule has 0 atom stereocenters. The SMILES string of the molecule is COc1cc(N2CCN(C(=O)OC(C)(C)C)CC2)ccc1[N+](=O)[O-].COc1cc(N2CCNCC2)ccc1[N+](=O)[O-]. The summed E-state index contributed by atoms with van der Waals surface area (Å²) in [5, 5.41) is 25.0. The maximum absolute atomic E-state index is 12.1. The van der Waals surface area contributed by atoms with E-state index in [1.54, 1.807) is 29.2 Å². The summed E-state index contributed by atoms with van der Waals surface area (Å²) in [6.45, 7) is 11.5. The van der Waals surface area contributed by atoms with Gasteiger partial charge in [-0.05, 0) is 32.9 Å². The van der Waals surface area contributed by atoms with E-state index in [2.05, 4.69) is 15.1 Å². The zero-order valence-electron chi connectivity index (χ0n) is 24.1. The Morgan fingerprint density at radius 2 is 1.22 bits per heavy atom. The Balaban J connectivity index is 0.000000239. The molecule has 1 amide bonds. The van der Waals surface area contributed by atoms with Crippen LogP contribution in [0.25, 0.3) is 0 Å². The molecule has 0 aromatic heterocycles. The Morgan fingerprint density at radius 3 is 1.61 bits per heavy atom. The van der Waals surface area contributed by atoms with Crippen LogP contribution >= 0.6 is 0 Å². The number of piperazine rings is 2. The summed E-state index contributed by atoms with van der Waals surface area (Å²) >= 11 is 0. The molecule has 4 rings (SSSR count). The van der Waals surface area contributed by atoms with E-state index in [1.807, 2.05) is 20.8 Å². The van der Waals surface area contributed by atoms with Crippen molar-refractivity contribution in [3.63, 3.8) is 0 Å². The first-order chi connectivity index (χ1) is 19.4. The molecule has 2 aliphatic heterocycles. The average molecular weight is 575 g/mol. The topological polar surface area (TPSA) is 153 Å². The van der Waals surface area contributed by atoms with Crippen molar-refractivity contribution in [2.75, 3.05) is 76.4 Å². The van der Waals surface area contributed by atoms with Gasteiger partial charge in [-0.25, -0.2) is 4.79 Å². The highest BCUT2D eigenvalue weighted by atomic mass is 16.6. The number of carbonyl (C=O) groups excluding carboxylic acids is 1. The lowest BCUT2D eigenvalue weighted by atomic mass is 10.2. The highest BCUT2D eigenvalue weighted by Crippen LogP contribution is 2.32. The second kappa shape index (κ2) is 13.8. The largest absolute Gasteiger partial charge is 0.490 e. The Hall–Kier alpha value is -4.33. The molecule has 14 nitrogen and oxygen atoms in total. The molecule has 0 aliphatic carbocycles. The van der Waals surface area contributed by atoms with Gasteiger partial charge in [-0.3, -0.25) is 20.2 Å². The molecule has 0 unspecified atom stereocenters. The molecule has 2 aliphatic rings. The van der Waals surface area contributed by atoms with Crippen LogP contribution in [-0.2, 0) is 4.74 Å². The molecule has 14 heteroatoms. The predicted octanol–water partition coefficient (Wildman–Crippen LogP) is 3.67. The summed E-state index contributed by atoms with van der Waals surface area (Å²) in [5.41, 5.74) is 1.23. The first kappa shape index (κ1) is 31.2. The van der Waals surface area contributed by atoms with Gasteiger partial charge in [-0.15, -0.1) is 0 Å². The molecule has 2 aromatic carbocycles. The van der Waals surface area contributed by atoms with Gasteiger partial charge in [0.15, 0.2) is 11.5 Å². The van der Waals surface area contributed by atoms with Gasteiger partial charge < -0.3 is 34.2 Å². The Kier molecular flexibility index (Phi) is 10.5. The molecule has 0 saturated carbocycles. The highest BCUT2D eigenvalue weighted by molar-refractivity contribution is 5.69. The van der Waals surface area contributed by atoms with E-state index in [4.69, 9.17) is 14.2 Å². The van der Waals surface area contributed by atoms with Crippen LogP contribution in [0.5, 0.6) is 11.5 Å². The Bertz CT molecular complexity index is 1220. The van der Waals surface area contributed by atoms with Crippen LogP contribution < -0.4 is 24.6 Å². The lowest BCUT2D eigenvalue weighted by Gasteiger charge is -2.36. The molecule has 224 valence electrons. The maximum atomic E-state index is 12.1. The minimum atomic E-state index is -0.514. The van der Waals surface area contributed by atoms with E-state index in [0.717, 1.165) is 37.6 Å². The van der Waals surface area contributed by atoms with E-state index in [0.29, 0.717) is 31.9 Å². The number of nitro groups is 2. The van der Waals surface area contributed by atoms with Crippen molar-refractivity contribution in [3.05, 3.63) is 56.6 Å². The number of nitrogens with zero attached hydrogens (tertiary/aromatic N) is 5. The third-order valence-electron chi connectivity index (χ3n) is 6.50. The number of hydrogen-bond acceptors (Lipinski definition) is 11. The maximum Gasteiger partial charge on any atom is 0.410 e. The van der Waals surface area contributed by atoms with E-state index in [9.17, 15) is 25.0 Å². The normalized spacial score (nSPS) is 15.4. The number of amides is 1. The molecule has 1 N–H and O–H groups in total. The number of hydrogen-bond donors (Lipinski definition) is 1. The minimum absolute atomic E-state index is 0.00591. The molecule has 0 radical (unpaired) electrons. The fraction of sp³-hybridized carbons (Fsp3) is 0.519. The van der Waals surface area contributed by atoms with E-state index < -0.39 is 15.4 Å². The highest BCUT2D eigenvalue weighted by Gasteiger charge is 2.27. The molecule has 2 heterocycles. The molecule has 2 fully saturated rings. The van der Waals surface area contributed by atoms with Crippen LogP contribution in [0.4, 0.5) is 27.5 Å². The van der Waals surface area contributed by atoms with E-state index in [1.165, 1.54) is 26.4 Å². The van der Waals surface area contributed by atoms with Gasteiger partial charge in [-0.2, -0.15) is 0 Å². The monoisotopic (exact) mass is 574 g/mol. The first-order valence-corrected chi connectivity index (χ1v) is 13.3. The summed E-state index contributed by atoms with van der Waals surface area (Å²) in [6.07, 6.45) is -0.316. The number of benzene rings is 2. The van der Waals surface area contributed by atoms with Crippen molar-refractivity contribution in [2.24, 2.45) is 0 Å². The number of anilines is 2. The van der Waals surface area contributed by atoms with Crippen LogP contribution in [0, 0.1) is 20.2 Å². The Labute approximate surface area is 239 Å². The number of ether oxygens (including phenoxy) is 3.